The van der Waals surface area contributed by atoms with Crippen molar-refractivity contribution in [1.82, 2.24) is 29.6 Å². The Balaban J connectivity index is 1.24. The van der Waals surface area contributed by atoms with Crippen molar-refractivity contribution in [2.45, 2.75) is 44.9 Å². The van der Waals surface area contributed by atoms with Gasteiger partial charge in [0.2, 0.25) is 0 Å². The lowest BCUT2D eigenvalue weighted by Gasteiger charge is -2.59. The van der Waals surface area contributed by atoms with Gasteiger partial charge in [-0.25, -0.2) is 14.2 Å². The van der Waals surface area contributed by atoms with Crippen LogP contribution in [0.5, 0.6) is 0 Å². The average molecular weight is 498 g/mol. The van der Waals surface area contributed by atoms with E-state index in [1.165, 1.54) is 11.8 Å². The van der Waals surface area contributed by atoms with E-state index in [1.807, 2.05) is 18.2 Å². The predicted molar refractivity (Wildman–Crippen MR) is 126 cm³/mol. The van der Waals surface area contributed by atoms with E-state index in [4.69, 9.17) is 16.3 Å². The van der Waals surface area contributed by atoms with Gasteiger partial charge in [-0.3, -0.25) is 14.5 Å². The second kappa shape index (κ2) is 8.44. The van der Waals surface area contributed by atoms with Gasteiger partial charge in [-0.2, -0.15) is 0 Å². The highest BCUT2D eigenvalue weighted by molar-refractivity contribution is 6.30. The Kier molecular flexibility index (Phi) is 5.36. The van der Waals surface area contributed by atoms with E-state index in [1.54, 1.807) is 18.6 Å². The molecule has 0 N–H and O–H groups in total. The number of hydrogen-bond acceptors (Lipinski definition) is 7. The Morgan fingerprint density at radius 2 is 2.09 bits per heavy atom. The van der Waals surface area contributed by atoms with Gasteiger partial charge in [0.25, 0.3) is 0 Å². The number of ether oxygens (including phenoxy) is 1. The molecule has 3 aliphatic rings. The fraction of sp³-hybridized carbons (Fsp3) is 0.458. The number of alkyl halides is 1. The number of carbonyl (C=O) groups is 1. The van der Waals surface area contributed by atoms with Gasteiger partial charge < -0.3 is 9.64 Å². The molecule has 2 aromatic heterocycles. The summed E-state index contributed by atoms with van der Waals surface area (Å²) in [6.45, 7) is 3.22. The zero-order valence-corrected chi connectivity index (χ0v) is 20.0. The van der Waals surface area contributed by atoms with Crippen LogP contribution in [0.2, 0.25) is 5.02 Å². The molecule has 2 fully saturated rings. The van der Waals surface area contributed by atoms with Crippen molar-refractivity contribution in [3.8, 4) is 5.69 Å². The molecule has 4 heterocycles. The molecule has 2 aliphatic heterocycles. The van der Waals surface area contributed by atoms with Crippen LogP contribution in [0.1, 0.15) is 42.9 Å². The van der Waals surface area contributed by atoms with Gasteiger partial charge in [0.1, 0.15) is 24.4 Å². The molecule has 0 unspecified atom stereocenters. The molecule has 1 atom stereocenters. The minimum atomic E-state index is -0.812. The molecule has 1 amide bonds. The van der Waals surface area contributed by atoms with Crippen LogP contribution in [-0.4, -0.2) is 61.6 Å². The number of carbonyl (C=O) groups excluding carboxylic acids is 1. The lowest BCUT2D eigenvalue weighted by molar-refractivity contribution is 0.0546. The van der Waals surface area contributed by atoms with Crippen molar-refractivity contribution < 1.29 is 13.9 Å². The summed E-state index contributed by atoms with van der Waals surface area (Å²) in [6.07, 6.45) is 5.84. The maximum Gasteiger partial charge on any atom is 0.410 e. The van der Waals surface area contributed by atoms with E-state index in [9.17, 15) is 9.18 Å². The van der Waals surface area contributed by atoms with Gasteiger partial charge in [0, 0.05) is 41.8 Å². The highest BCUT2D eigenvalue weighted by atomic mass is 35.5. The van der Waals surface area contributed by atoms with Crippen molar-refractivity contribution in [3.63, 3.8) is 0 Å². The number of amides is 1. The van der Waals surface area contributed by atoms with Crippen molar-refractivity contribution in [1.29, 1.82) is 0 Å². The molecule has 1 saturated carbocycles. The molecular formula is C24H25ClFN7O2. The number of halogens is 2. The smallest absolute Gasteiger partial charge is 0.410 e. The zero-order valence-electron chi connectivity index (χ0n) is 19.3. The third kappa shape index (κ3) is 3.89. The summed E-state index contributed by atoms with van der Waals surface area (Å²) in [6, 6.07) is 5.63. The fourth-order valence-electron chi connectivity index (χ4n) is 5.50. The van der Waals surface area contributed by atoms with Gasteiger partial charge in [0.15, 0.2) is 5.82 Å². The van der Waals surface area contributed by atoms with Crippen LogP contribution < -0.4 is 4.90 Å². The Bertz CT molecular complexity index is 1260. The minimum Gasteiger partial charge on any atom is -0.444 e. The Hall–Kier alpha value is -3.27. The lowest BCUT2D eigenvalue weighted by Crippen LogP contribution is -2.62. The highest BCUT2D eigenvalue weighted by Crippen LogP contribution is 2.56. The van der Waals surface area contributed by atoms with Crippen LogP contribution in [-0.2, 0) is 17.8 Å². The zero-order chi connectivity index (χ0) is 24.2. The second-order valence-electron chi connectivity index (χ2n) is 9.81. The number of aromatic nitrogens is 5. The molecule has 1 spiro atoms. The SMILES string of the molecule is C[C@H](CF)OC(=O)N1Cc2cc(Cl)ccc2-n2c(nnc2C2CC3(C2)CN(c2cnccn2)C3)C1. The van der Waals surface area contributed by atoms with E-state index in [0.29, 0.717) is 10.8 Å². The third-order valence-corrected chi connectivity index (χ3v) is 7.39. The first kappa shape index (κ1) is 22.2. The first-order valence-corrected chi connectivity index (χ1v) is 12.1. The van der Waals surface area contributed by atoms with Gasteiger partial charge in [-0.05, 0) is 43.5 Å². The summed E-state index contributed by atoms with van der Waals surface area (Å²) in [4.78, 5) is 25.1. The molecular weight excluding hydrogens is 473 g/mol. The fourth-order valence-corrected chi connectivity index (χ4v) is 5.70. The average Bonchev–Trinajstić information content (AvgIpc) is 3.12. The van der Waals surface area contributed by atoms with E-state index in [0.717, 1.165) is 48.8 Å². The summed E-state index contributed by atoms with van der Waals surface area (Å²) in [5.74, 6) is 2.74. The van der Waals surface area contributed by atoms with E-state index in [-0.39, 0.29) is 24.4 Å². The molecule has 3 aromatic rings. The molecule has 1 aliphatic carbocycles. The number of hydrogen-bond donors (Lipinski definition) is 0. The largest absolute Gasteiger partial charge is 0.444 e. The Labute approximate surface area is 206 Å². The van der Waals surface area contributed by atoms with Crippen molar-refractivity contribution in [3.05, 3.63) is 59.0 Å². The predicted octanol–water partition coefficient (Wildman–Crippen LogP) is 3.90. The molecule has 9 nitrogen and oxygen atoms in total. The number of fused-ring (bicyclic) bond motifs is 3. The maximum absolute atomic E-state index is 12.9. The number of benzene rings is 1. The van der Waals surface area contributed by atoms with Crippen LogP contribution in [0.4, 0.5) is 15.0 Å². The van der Waals surface area contributed by atoms with E-state index in [2.05, 4.69) is 29.6 Å². The Morgan fingerprint density at radius 1 is 1.26 bits per heavy atom. The van der Waals surface area contributed by atoms with Crippen molar-refractivity contribution in [2.75, 3.05) is 24.7 Å². The molecule has 11 heteroatoms. The molecule has 182 valence electrons. The van der Waals surface area contributed by atoms with Crippen LogP contribution in [0.25, 0.3) is 5.69 Å². The summed E-state index contributed by atoms with van der Waals surface area (Å²) in [5, 5.41) is 9.59. The van der Waals surface area contributed by atoms with Crippen LogP contribution >= 0.6 is 11.6 Å². The lowest BCUT2D eigenvalue weighted by atomic mass is 9.57. The van der Waals surface area contributed by atoms with Gasteiger partial charge in [-0.1, -0.05) is 11.6 Å². The highest BCUT2D eigenvalue weighted by Gasteiger charge is 2.54. The van der Waals surface area contributed by atoms with Crippen molar-refractivity contribution in [2.24, 2.45) is 5.41 Å². The van der Waals surface area contributed by atoms with Crippen LogP contribution in [0, 0.1) is 5.41 Å². The summed E-state index contributed by atoms with van der Waals surface area (Å²) < 4.78 is 20.2. The molecule has 0 bridgehead atoms. The van der Waals surface area contributed by atoms with Crippen LogP contribution in [0.3, 0.4) is 0 Å². The van der Waals surface area contributed by atoms with Crippen LogP contribution in [0.15, 0.2) is 36.8 Å². The first-order valence-electron chi connectivity index (χ1n) is 11.7. The second-order valence-corrected chi connectivity index (χ2v) is 10.2. The molecule has 6 rings (SSSR count). The third-order valence-electron chi connectivity index (χ3n) is 7.16. The van der Waals surface area contributed by atoms with E-state index < -0.39 is 18.9 Å². The topological polar surface area (TPSA) is 89.3 Å². The number of nitrogens with zero attached hydrogens (tertiary/aromatic N) is 7. The maximum atomic E-state index is 12.9. The van der Waals surface area contributed by atoms with Gasteiger partial charge in [-0.15, -0.1) is 10.2 Å². The molecule has 0 radical (unpaired) electrons. The van der Waals surface area contributed by atoms with Gasteiger partial charge in [0.05, 0.1) is 25.0 Å². The molecule has 35 heavy (non-hydrogen) atoms. The quantitative estimate of drug-likeness (QED) is 0.540. The van der Waals surface area contributed by atoms with E-state index >= 15 is 0 Å². The normalized spacial score (nSPS) is 19.3. The standard InChI is InChI=1S/C24H25ClFN7O2/c1-15(9-26)35-23(34)31-11-16-6-18(25)2-3-19(16)33-21(12-31)29-30-22(33)17-7-24(8-17)13-32(14-24)20-10-27-4-5-28-20/h2-6,10,15,17H,7-9,11-14H2,1H3/t15-/m1/s1. The summed E-state index contributed by atoms with van der Waals surface area (Å²) in [5.41, 5.74) is 2.04. The first-order chi connectivity index (χ1) is 16.9. The number of anilines is 1. The summed E-state index contributed by atoms with van der Waals surface area (Å²) in [7, 11) is 0. The monoisotopic (exact) mass is 497 g/mol. The minimum absolute atomic E-state index is 0.218. The summed E-state index contributed by atoms with van der Waals surface area (Å²) >= 11 is 6.29. The van der Waals surface area contributed by atoms with Crippen molar-refractivity contribution >= 4 is 23.5 Å². The molecule has 1 saturated heterocycles. The molecule has 1 aromatic carbocycles. The number of rotatable bonds is 4. The van der Waals surface area contributed by atoms with Gasteiger partial charge >= 0.3 is 6.09 Å². The Morgan fingerprint density at radius 3 is 2.83 bits per heavy atom.